The van der Waals surface area contributed by atoms with Crippen LogP contribution < -0.4 is 5.73 Å². The van der Waals surface area contributed by atoms with Gasteiger partial charge in [-0.15, -0.1) is 0 Å². The van der Waals surface area contributed by atoms with E-state index < -0.39 is 0 Å². The van der Waals surface area contributed by atoms with Crippen molar-refractivity contribution < 1.29 is 14.3 Å². The summed E-state index contributed by atoms with van der Waals surface area (Å²) in [4.78, 5) is 2.12. The fourth-order valence-corrected chi connectivity index (χ4v) is 1.94. The summed E-state index contributed by atoms with van der Waals surface area (Å²) in [6.45, 7) is 2.56. The van der Waals surface area contributed by atoms with E-state index in [9.17, 15) is 4.39 Å². The molecule has 0 aliphatic carbocycles. The van der Waals surface area contributed by atoms with Crippen molar-refractivity contribution in [2.24, 2.45) is 10.9 Å². The maximum absolute atomic E-state index is 12.8. The predicted molar refractivity (Wildman–Crippen MR) is 64.8 cm³/mol. The molecule has 1 aliphatic rings. The van der Waals surface area contributed by atoms with E-state index in [1.165, 1.54) is 12.1 Å². The van der Waals surface area contributed by atoms with Crippen LogP contribution in [0, 0.1) is 5.82 Å². The summed E-state index contributed by atoms with van der Waals surface area (Å²) in [6, 6.07) is 6.39. The van der Waals surface area contributed by atoms with E-state index in [-0.39, 0.29) is 17.8 Å². The van der Waals surface area contributed by atoms with Crippen molar-refractivity contribution in [2.75, 3.05) is 19.7 Å². The average molecular weight is 253 g/mol. The van der Waals surface area contributed by atoms with Crippen LogP contribution in [-0.4, -0.2) is 41.7 Å². The Morgan fingerprint density at radius 2 is 2.22 bits per heavy atom. The van der Waals surface area contributed by atoms with Crippen molar-refractivity contribution in [1.29, 1.82) is 0 Å². The minimum absolute atomic E-state index is 0.0822. The topological polar surface area (TPSA) is 71.1 Å². The van der Waals surface area contributed by atoms with E-state index in [1.807, 2.05) is 0 Å². The summed E-state index contributed by atoms with van der Waals surface area (Å²) in [5, 5.41) is 11.6. The fraction of sp³-hybridized carbons (Fsp3) is 0.417. The van der Waals surface area contributed by atoms with E-state index in [2.05, 4.69) is 10.1 Å². The van der Waals surface area contributed by atoms with Crippen LogP contribution in [0.3, 0.4) is 0 Å². The van der Waals surface area contributed by atoms with Crippen LogP contribution in [0.4, 0.5) is 4.39 Å². The number of halogens is 1. The molecule has 0 radical (unpaired) electrons. The first-order valence-electron chi connectivity index (χ1n) is 5.75. The van der Waals surface area contributed by atoms with Crippen molar-refractivity contribution in [3.63, 3.8) is 0 Å². The Kier molecular flexibility index (Phi) is 4.11. The van der Waals surface area contributed by atoms with Gasteiger partial charge in [0.25, 0.3) is 0 Å². The zero-order chi connectivity index (χ0) is 13.0. The second-order valence-corrected chi connectivity index (χ2v) is 4.25. The molecule has 1 heterocycles. The molecular weight excluding hydrogens is 237 g/mol. The van der Waals surface area contributed by atoms with E-state index >= 15 is 0 Å². The van der Waals surface area contributed by atoms with Crippen molar-refractivity contribution in [3.8, 4) is 0 Å². The first-order chi connectivity index (χ1) is 8.69. The van der Waals surface area contributed by atoms with Crippen molar-refractivity contribution >= 4 is 5.84 Å². The summed E-state index contributed by atoms with van der Waals surface area (Å²) in [6.07, 6.45) is -0.385. The summed E-state index contributed by atoms with van der Waals surface area (Å²) in [5.41, 5.74) is 6.55. The smallest absolute Gasteiger partial charge is 0.169 e. The molecule has 1 atom stereocenters. The van der Waals surface area contributed by atoms with Gasteiger partial charge in [-0.25, -0.2) is 4.39 Å². The Bertz CT molecular complexity index is 422. The third-order valence-electron chi connectivity index (χ3n) is 2.92. The van der Waals surface area contributed by atoms with Gasteiger partial charge in [-0.3, -0.25) is 4.90 Å². The number of hydrogen-bond donors (Lipinski definition) is 2. The van der Waals surface area contributed by atoms with Gasteiger partial charge in [-0.05, 0) is 17.7 Å². The standard InChI is InChI=1S/C12H16FN3O2/c13-10-3-1-9(2-4-10)7-16-5-6-18-11(8-16)12(14)15-17/h1-4,11,17H,5-8H2,(H2,14,15). The van der Waals surface area contributed by atoms with E-state index in [4.69, 9.17) is 15.7 Å². The Morgan fingerprint density at radius 3 is 2.89 bits per heavy atom. The van der Waals surface area contributed by atoms with E-state index in [0.717, 1.165) is 12.1 Å². The average Bonchev–Trinajstić information content (AvgIpc) is 2.41. The number of amidine groups is 1. The quantitative estimate of drug-likeness (QED) is 0.361. The van der Waals surface area contributed by atoms with Crippen LogP contribution in [0.5, 0.6) is 0 Å². The number of oxime groups is 1. The Balaban J connectivity index is 1.95. The first-order valence-corrected chi connectivity index (χ1v) is 5.75. The lowest BCUT2D eigenvalue weighted by Crippen LogP contribution is -2.48. The Labute approximate surface area is 105 Å². The molecule has 1 aliphatic heterocycles. The molecule has 1 aromatic rings. The van der Waals surface area contributed by atoms with Gasteiger partial charge in [0.2, 0.25) is 0 Å². The first kappa shape index (κ1) is 12.8. The highest BCUT2D eigenvalue weighted by Gasteiger charge is 2.23. The van der Waals surface area contributed by atoms with Crippen molar-refractivity contribution in [3.05, 3.63) is 35.6 Å². The molecule has 0 amide bonds. The molecule has 18 heavy (non-hydrogen) atoms. The van der Waals surface area contributed by atoms with Crippen molar-refractivity contribution in [1.82, 2.24) is 4.90 Å². The van der Waals surface area contributed by atoms with E-state index in [1.54, 1.807) is 12.1 Å². The molecule has 3 N–H and O–H groups in total. The second kappa shape index (κ2) is 5.79. The molecule has 98 valence electrons. The van der Waals surface area contributed by atoms with E-state index in [0.29, 0.717) is 19.7 Å². The lowest BCUT2D eigenvalue weighted by molar-refractivity contribution is 0.00141. The summed E-state index contributed by atoms with van der Waals surface area (Å²) < 4.78 is 18.2. The predicted octanol–water partition coefficient (Wildman–Crippen LogP) is 0.773. The molecule has 0 spiro atoms. The third-order valence-corrected chi connectivity index (χ3v) is 2.92. The van der Waals surface area contributed by atoms with Crippen LogP contribution in [0.1, 0.15) is 5.56 Å². The fourth-order valence-electron chi connectivity index (χ4n) is 1.94. The zero-order valence-electron chi connectivity index (χ0n) is 9.92. The molecule has 0 bridgehead atoms. The lowest BCUT2D eigenvalue weighted by Gasteiger charge is -2.32. The third kappa shape index (κ3) is 3.18. The van der Waals surface area contributed by atoms with Crippen LogP contribution in [0.25, 0.3) is 0 Å². The Hall–Kier alpha value is -1.66. The molecular formula is C12H16FN3O2. The molecule has 2 rings (SSSR count). The molecule has 6 heteroatoms. The zero-order valence-corrected chi connectivity index (χ0v) is 9.92. The molecule has 0 saturated carbocycles. The summed E-state index contributed by atoms with van der Waals surface area (Å²) in [5.74, 6) is -0.158. The summed E-state index contributed by atoms with van der Waals surface area (Å²) in [7, 11) is 0. The SMILES string of the molecule is NC(=NO)C1CN(Cc2ccc(F)cc2)CCO1. The Morgan fingerprint density at radius 1 is 1.50 bits per heavy atom. The largest absolute Gasteiger partial charge is 0.409 e. The molecule has 1 saturated heterocycles. The van der Waals surface area contributed by atoms with Gasteiger partial charge < -0.3 is 15.7 Å². The van der Waals surface area contributed by atoms with Gasteiger partial charge in [0.1, 0.15) is 11.9 Å². The van der Waals surface area contributed by atoms with Gasteiger partial charge in [0.05, 0.1) is 6.61 Å². The van der Waals surface area contributed by atoms with Gasteiger partial charge >= 0.3 is 0 Å². The molecule has 1 unspecified atom stereocenters. The summed E-state index contributed by atoms with van der Waals surface area (Å²) >= 11 is 0. The highest BCUT2D eigenvalue weighted by Crippen LogP contribution is 2.11. The highest BCUT2D eigenvalue weighted by atomic mass is 19.1. The van der Waals surface area contributed by atoms with Crippen LogP contribution in [0.2, 0.25) is 0 Å². The van der Waals surface area contributed by atoms with Gasteiger partial charge in [0.15, 0.2) is 5.84 Å². The lowest BCUT2D eigenvalue weighted by atomic mass is 10.2. The normalized spacial score (nSPS) is 22.1. The molecule has 0 aromatic heterocycles. The van der Waals surface area contributed by atoms with Crippen LogP contribution in [-0.2, 0) is 11.3 Å². The number of hydrogen-bond acceptors (Lipinski definition) is 4. The van der Waals surface area contributed by atoms with Gasteiger partial charge in [-0.1, -0.05) is 17.3 Å². The molecule has 1 aromatic carbocycles. The second-order valence-electron chi connectivity index (χ2n) is 4.25. The number of ether oxygens (including phenoxy) is 1. The number of benzene rings is 1. The highest BCUT2D eigenvalue weighted by molar-refractivity contribution is 5.84. The van der Waals surface area contributed by atoms with Gasteiger partial charge in [-0.2, -0.15) is 0 Å². The molecule has 1 fully saturated rings. The monoisotopic (exact) mass is 253 g/mol. The van der Waals surface area contributed by atoms with Crippen LogP contribution >= 0.6 is 0 Å². The maximum atomic E-state index is 12.8. The number of nitrogens with zero attached hydrogens (tertiary/aromatic N) is 2. The minimum Gasteiger partial charge on any atom is -0.409 e. The van der Waals surface area contributed by atoms with Crippen LogP contribution in [0.15, 0.2) is 29.4 Å². The number of nitrogens with two attached hydrogens (primary N) is 1. The van der Waals surface area contributed by atoms with Gasteiger partial charge in [0, 0.05) is 19.6 Å². The van der Waals surface area contributed by atoms with Crippen molar-refractivity contribution in [2.45, 2.75) is 12.6 Å². The maximum Gasteiger partial charge on any atom is 0.169 e. The molecule has 5 nitrogen and oxygen atoms in total. The number of morpholine rings is 1. The number of rotatable bonds is 3. The minimum atomic E-state index is -0.385.